The summed E-state index contributed by atoms with van der Waals surface area (Å²) in [5.74, 6) is -0.298. The van der Waals surface area contributed by atoms with E-state index in [1.165, 1.54) is 0 Å². The summed E-state index contributed by atoms with van der Waals surface area (Å²) in [5, 5.41) is 11.9. The van der Waals surface area contributed by atoms with Gasteiger partial charge in [0, 0.05) is 6.04 Å². The lowest BCUT2D eigenvalue weighted by Crippen LogP contribution is -2.13. The van der Waals surface area contributed by atoms with E-state index in [1.807, 2.05) is 6.92 Å². The Hall–Kier alpha value is -1.84. The number of carbonyl (C=O) groups is 1. The summed E-state index contributed by atoms with van der Waals surface area (Å²) in [4.78, 5) is 14.9. The zero-order valence-corrected chi connectivity index (χ0v) is 8.82. The highest BCUT2D eigenvalue weighted by Crippen LogP contribution is 2.11. The average molecular weight is 206 g/mol. The highest BCUT2D eigenvalue weighted by atomic mass is 16.4. The van der Waals surface area contributed by atoms with Gasteiger partial charge in [-0.25, -0.2) is 9.78 Å². The molecule has 0 fully saturated rings. The maximum absolute atomic E-state index is 10.7. The summed E-state index contributed by atoms with van der Waals surface area (Å²) in [5.41, 5.74) is 0.732. The minimum Gasteiger partial charge on any atom is -0.478 e. The number of carboxylic acid groups (broad SMARTS) is 1. The van der Waals surface area contributed by atoms with E-state index in [0.717, 1.165) is 0 Å². The van der Waals surface area contributed by atoms with Crippen LogP contribution in [0.4, 0.5) is 5.82 Å². The first-order valence-electron chi connectivity index (χ1n) is 4.64. The first kappa shape index (κ1) is 11.2. The van der Waals surface area contributed by atoms with E-state index >= 15 is 0 Å². The maximum Gasteiger partial charge on any atom is 0.337 e. The molecule has 1 rings (SSSR count). The molecule has 0 saturated heterocycles. The number of aromatic carboxylic acids is 1. The van der Waals surface area contributed by atoms with Crippen LogP contribution in [0.25, 0.3) is 0 Å². The Morgan fingerprint density at radius 3 is 2.80 bits per heavy atom. The Bertz CT molecular complexity index is 388. The number of aryl methyl sites for hydroxylation is 1. The quantitative estimate of drug-likeness (QED) is 0.740. The molecule has 0 aliphatic rings. The molecule has 1 aromatic heterocycles. The van der Waals surface area contributed by atoms with Gasteiger partial charge < -0.3 is 10.4 Å². The van der Waals surface area contributed by atoms with Crippen LogP contribution in [0.3, 0.4) is 0 Å². The van der Waals surface area contributed by atoms with Crippen molar-refractivity contribution in [3.63, 3.8) is 0 Å². The molecule has 0 bridgehead atoms. The van der Waals surface area contributed by atoms with Crippen LogP contribution in [0.2, 0.25) is 0 Å². The first-order valence-corrected chi connectivity index (χ1v) is 4.64. The number of hydrogen-bond acceptors (Lipinski definition) is 3. The van der Waals surface area contributed by atoms with Gasteiger partial charge in [0.15, 0.2) is 0 Å². The van der Waals surface area contributed by atoms with Crippen LogP contribution in [-0.4, -0.2) is 22.1 Å². The molecule has 15 heavy (non-hydrogen) atoms. The normalized spacial score (nSPS) is 11.9. The van der Waals surface area contributed by atoms with Gasteiger partial charge in [-0.1, -0.05) is 6.08 Å². The predicted octanol–water partition coefficient (Wildman–Crippen LogP) is 2.07. The highest BCUT2D eigenvalue weighted by molar-refractivity contribution is 5.89. The second-order valence-electron chi connectivity index (χ2n) is 3.30. The Morgan fingerprint density at radius 2 is 2.33 bits per heavy atom. The van der Waals surface area contributed by atoms with Gasteiger partial charge in [-0.15, -0.1) is 6.58 Å². The van der Waals surface area contributed by atoms with Gasteiger partial charge in [0.1, 0.15) is 5.82 Å². The third-order valence-electron chi connectivity index (χ3n) is 2.05. The van der Waals surface area contributed by atoms with E-state index in [4.69, 9.17) is 5.11 Å². The van der Waals surface area contributed by atoms with Crippen molar-refractivity contribution >= 4 is 11.8 Å². The van der Waals surface area contributed by atoms with Crippen molar-refractivity contribution in [3.05, 3.63) is 36.0 Å². The number of aromatic nitrogens is 1. The van der Waals surface area contributed by atoms with E-state index in [9.17, 15) is 4.79 Å². The van der Waals surface area contributed by atoms with Gasteiger partial charge in [-0.3, -0.25) is 0 Å². The number of pyridine rings is 1. The molecule has 80 valence electrons. The second-order valence-corrected chi connectivity index (χ2v) is 3.30. The number of nitrogens with zero attached hydrogens (tertiary/aromatic N) is 1. The molecule has 2 N–H and O–H groups in total. The van der Waals surface area contributed by atoms with Crippen LogP contribution in [0.15, 0.2) is 24.8 Å². The van der Waals surface area contributed by atoms with Crippen molar-refractivity contribution in [1.82, 2.24) is 4.98 Å². The average Bonchev–Trinajstić information content (AvgIpc) is 2.17. The summed E-state index contributed by atoms with van der Waals surface area (Å²) >= 11 is 0. The summed E-state index contributed by atoms with van der Waals surface area (Å²) in [6.45, 7) is 7.25. The van der Waals surface area contributed by atoms with Crippen LogP contribution < -0.4 is 5.32 Å². The number of nitrogens with one attached hydrogen (secondary N) is 1. The molecule has 0 aromatic carbocycles. The van der Waals surface area contributed by atoms with Crippen LogP contribution in [0.1, 0.15) is 23.0 Å². The van der Waals surface area contributed by atoms with Gasteiger partial charge in [0.05, 0.1) is 11.3 Å². The number of hydrogen-bond donors (Lipinski definition) is 2. The fourth-order valence-corrected chi connectivity index (χ4v) is 1.16. The molecule has 4 nitrogen and oxygen atoms in total. The van der Waals surface area contributed by atoms with Crippen LogP contribution in [0.5, 0.6) is 0 Å². The second kappa shape index (κ2) is 4.59. The molecule has 0 amide bonds. The fourth-order valence-electron chi connectivity index (χ4n) is 1.16. The van der Waals surface area contributed by atoms with Crippen molar-refractivity contribution in [2.45, 2.75) is 19.9 Å². The molecule has 0 saturated carbocycles. The molecular weight excluding hydrogens is 192 g/mol. The van der Waals surface area contributed by atoms with Gasteiger partial charge in [-0.2, -0.15) is 0 Å². The summed E-state index contributed by atoms with van der Waals surface area (Å²) in [6, 6.07) is 3.30. The Balaban J connectivity index is 2.91. The predicted molar refractivity (Wildman–Crippen MR) is 59.2 cm³/mol. The molecule has 1 atom stereocenters. The van der Waals surface area contributed by atoms with Crippen molar-refractivity contribution in [2.75, 3.05) is 5.32 Å². The lowest BCUT2D eigenvalue weighted by molar-refractivity contribution is 0.0695. The SMILES string of the molecule is C=CC(C)Nc1ccc(C(=O)O)c(C)n1. The monoisotopic (exact) mass is 206 g/mol. The summed E-state index contributed by atoms with van der Waals surface area (Å²) < 4.78 is 0. The molecule has 1 heterocycles. The zero-order valence-electron chi connectivity index (χ0n) is 8.82. The van der Waals surface area contributed by atoms with Crippen molar-refractivity contribution in [2.24, 2.45) is 0 Å². The molecule has 4 heteroatoms. The first-order chi connectivity index (χ1) is 7.04. The van der Waals surface area contributed by atoms with Gasteiger partial charge in [-0.05, 0) is 26.0 Å². The molecule has 0 aliphatic carbocycles. The van der Waals surface area contributed by atoms with Crippen LogP contribution >= 0.6 is 0 Å². The highest BCUT2D eigenvalue weighted by Gasteiger charge is 2.08. The summed E-state index contributed by atoms with van der Waals surface area (Å²) in [6.07, 6.45) is 1.75. The minimum absolute atomic E-state index is 0.104. The Morgan fingerprint density at radius 1 is 1.67 bits per heavy atom. The third-order valence-corrected chi connectivity index (χ3v) is 2.05. The third kappa shape index (κ3) is 2.80. The van der Waals surface area contributed by atoms with E-state index in [0.29, 0.717) is 11.5 Å². The lowest BCUT2D eigenvalue weighted by Gasteiger charge is -2.10. The Labute approximate surface area is 88.7 Å². The van der Waals surface area contributed by atoms with Gasteiger partial charge in [0.2, 0.25) is 0 Å². The molecular formula is C11H14N2O2. The molecule has 1 unspecified atom stereocenters. The minimum atomic E-state index is -0.955. The molecule has 0 aliphatic heterocycles. The van der Waals surface area contributed by atoms with E-state index in [2.05, 4.69) is 16.9 Å². The lowest BCUT2D eigenvalue weighted by atomic mass is 10.2. The molecule has 1 aromatic rings. The van der Waals surface area contributed by atoms with Crippen molar-refractivity contribution in [3.8, 4) is 0 Å². The number of anilines is 1. The topological polar surface area (TPSA) is 62.2 Å². The summed E-state index contributed by atoms with van der Waals surface area (Å²) in [7, 11) is 0. The van der Waals surface area contributed by atoms with E-state index in [-0.39, 0.29) is 11.6 Å². The number of carboxylic acids is 1. The number of rotatable bonds is 4. The van der Waals surface area contributed by atoms with Crippen LogP contribution in [0, 0.1) is 6.92 Å². The standard InChI is InChI=1S/C11H14N2O2/c1-4-7(2)12-10-6-5-9(11(14)15)8(3)13-10/h4-7H,1H2,2-3H3,(H,12,13)(H,14,15). The van der Waals surface area contributed by atoms with Crippen LogP contribution in [-0.2, 0) is 0 Å². The molecule has 0 spiro atoms. The Kier molecular flexibility index (Phi) is 3.44. The fraction of sp³-hybridized carbons (Fsp3) is 0.273. The van der Waals surface area contributed by atoms with E-state index in [1.54, 1.807) is 25.1 Å². The van der Waals surface area contributed by atoms with Crippen molar-refractivity contribution in [1.29, 1.82) is 0 Å². The van der Waals surface area contributed by atoms with Gasteiger partial charge in [0.25, 0.3) is 0 Å². The maximum atomic E-state index is 10.7. The zero-order chi connectivity index (χ0) is 11.4. The largest absolute Gasteiger partial charge is 0.478 e. The molecule has 0 radical (unpaired) electrons. The van der Waals surface area contributed by atoms with E-state index < -0.39 is 5.97 Å². The smallest absolute Gasteiger partial charge is 0.337 e. The van der Waals surface area contributed by atoms with Crippen molar-refractivity contribution < 1.29 is 9.90 Å². The van der Waals surface area contributed by atoms with Gasteiger partial charge >= 0.3 is 5.97 Å².